The Bertz CT molecular complexity index is 1360. The summed E-state index contributed by atoms with van der Waals surface area (Å²) in [5, 5.41) is 0. The highest BCUT2D eigenvalue weighted by Gasteiger charge is 2.68. The predicted octanol–water partition coefficient (Wildman–Crippen LogP) is 5.23. The van der Waals surface area contributed by atoms with Crippen molar-refractivity contribution in [1.82, 2.24) is 0 Å². The molecule has 1 aromatic rings. The summed E-state index contributed by atoms with van der Waals surface area (Å²) in [5.41, 5.74) is 0.673. The van der Waals surface area contributed by atoms with E-state index >= 15 is 0 Å². The summed E-state index contributed by atoms with van der Waals surface area (Å²) in [6.45, 7) is 16.9. The molecule has 1 aliphatic rings. The molecular formula is C24H49F5O14Si8. The second kappa shape index (κ2) is 17.3. The zero-order valence-corrected chi connectivity index (χ0v) is 39.3. The van der Waals surface area contributed by atoms with E-state index in [9.17, 15) is 22.0 Å². The third kappa shape index (κ3) is 11.6. The summed E-state index contributed by atoms with van der Waals surface area (Å²) in [6, 6.07) is -0.169. The van der Waals surface area contributed by atoms with Gasteiger partial charge in [0.2, 0.25) is 14.1 Å². The summed E-state index contributed by atoms with van der Waals surface area (Å²) in [5.74, 6) is -10.2. The van der Waals surface area contributed by atoms with Crippen LogP contribution in [0.5, 0.6) is 0 Å². The Balaban J connectivity index is 2.76. The lowest BCUT2D eigenvalue weighted by molar-refractivity contribution is -0.0224. The SMILES string of the molecule is C=C[Si](C)(C)O[Si]1(C)O[Si](C)(OC)O[Si](C)(OC)O[Si](C)(O[Si](C)(C)CCc2c(F)c(F)c(F)c(F)c2F)O[Si](OC)(OC)O[Si](OC)(OC)O1. The minimum Gasteiger partial charge on any atom is -0.417 e. The van der Waals surface area contributed by atoms with E-state index in [1.165, 1.54) is 55.8 Å². The first-order valence-corrected chi connectivity index (χ1v) is 33.6. The van der Waals surface area contributed by atoms with Crippen LogP contribution in [-0.2, 0) is 65.9 Å². The molecule has 4 atom stereocenters. The normalized spacial score (nSPS) is 29.3. The van der Waals surface area contributed by atoms with Crippen molar-refractivity contribution in [3.63, 3.8) is 0 Å². The molecule has 0 radical (unpaired) electrons. The van der Waals surface area contributed by atoms with Crippen LogP contribution in [0.1, 0.15) is 5.56 Å². The Labute approximate surface area is 304 Å². The van der Waals surface area contributed by atoms with E-state index in [0.717, 1.165) is 0 Å². The topological polar surface area (TPSA) is 129 Å². The molecule has 0 aromatic heterocycles. The first-order chi connectivity index (χ1) is 23.2. The van der Waals surface area contributed by atoms with Crippen LogP contribution in [0.25, 0.3) is 0 Å². The standard InChI is InChI=1S/C24H49F5O14Si8/c1-16-44(8,9)36-48(14)39-46(12,30-2)38-47(13,31-3)40-49(15,42-51(34-6,35-7)43-50(32-4,33-5)41-48)37-45(10,11)18-17-19-20(25)22(27)24(29)23(28)21(19)26/h16H,1,17-18H2,2-15H3. The molecule has 0 spiro atoms. The minimum atomic E-state index is -4.54. The summed E-state index contributed by atoms with van der Waals surface area (Å²) in [4.78, 5) is 0. The fraction of sp³-hybridized carbons (Fsp3) is 0.667. The van der Waals surface area contributed by atoms with Gasteiger partial charge in [0, 0.05) is 74.4 Å². The molecule has 0 N–H and O–H groups in total. The van der Waals surface area contributed by atoms with E-state index in [1.807, 2.05) is 13.1 Å². The van der Waals surface area contributed by atoms with Gasteiger partial charge >= 0.3 is 53.3 Å². The van der Waals surface area contributed by atoms with Crippen molar-refractivity contribution in [3.05, 3.63) is 46.9 Å². The van der Waals surface area contributed by atoms with Gasteiger partial charge < -0.3 is 59.5 Å². The van der Waals surface area contributed by atoms with Gasteiger partial charge in [-0.1, -0.05) is 5.70 Å². The maximum Gasteiger partial charge on any atom is 0.665 e. The van der Waals surface area contributed by atoms with E-state index in [1.54, 1.807) is 31.9 Å². The van der Waals surface area contributed by atoms with E-state index < -0.39 is 111 Å². The molecule has 1 aromatic carbocycles. The van der Waals surface area contributed by atoms with Gasteiger partial charge in [0.25, 0.3) is 0 Å². The molecule has 296 valence electrons. The lowest BCUT2D eigenvalue weighted by Gasteiger charge is -2.47. The van der Waals surface area contributed by atoms with Crippen LogP contribution in [0.15, 0.2) is 12.3 Å². The molecule has 51 heavy (non-hydrogen) atoms. The molecule has 27 heteroatoms. The van der Waals surface area contributed by atoms with Crippen LogP contribution in [-0.4, -0.2) is 113 Å². The quantitative estimate of drug-likeness (QED) is 0.105. The summed E-state index contributed by atoms with van der Waals surface area (Å²) >= 11 is 0. The smallest absolute Gasteiger partial charge is 0.417 e. The predicted molar refractivity (Wildman–Crippen MR) is 189 cm³/mol. The third-order valence-electron chi connectivity index (χ3n) is 7.40. The maximum atomic E-state index is 14.6. The number of hydrogen-bond acceptors (Lipinski definition) is 14. The number of benzene rings is 1. The summed E-state index contributed by atoms with van der Waals surface area (Å²) in [7, 11) is -23.5. The Morgan fingerprint density at radius 1 is 0.529 bits per heavy atom. The van der Waals surface area contributed by atoms with Crippen molar-refractivity contribution in [3.8, 4) is 0 Å². The highest BCUT2D eigenvalue weighted by molar-refractivity contribution is 6.92. The zero-order chi connectivity index (χ0) is 39.5. The number of hydrogen-bond donors (Lipinski definition) is 0. The first-order valence-electron chi connectivity index (χ1n) is 15.3. The molecule has 0 amide bonds. The van der Waals surface area contributed by atoms with Gasteiger partial charge in [-0.25, -0.2) is 22.0 Å². The average molecular weight is 881 g/mol. The first kappa shape index (κ1) is 46.9. The second-order valence-corrected chi connectivity index (χ2v) is 38.1. The molecule has 1 heterocycles. The zero-order valence-electron chi connectivity index (χ0n) is 31.3. The lowest BCUT2D eigenvalue weighted by atomic mass is 10.1. The van der Waals surface area contributed by atoms with Crippen LogP contribution >= 0.6 is 0 Å². The van der Waals surface area contributed by atoms with Crippen LogP contribution < -0.4 is 0 Å². The lowest BCUT2D eigenvalue weighted by Crippen LogP contribution is -2.73. The highest BCUT2D eigenvalue weighted by Crippen LogP contribution is 2.36. The van der Waals surface area contributed by atoms with Gasteiger partial charge in [0.1, 0.15) is 0 Å². The van der Waals surface area contributed by atoms with Crippen molar-refractivity contribution in [2.24, 2.45) is 0 Å². The van der Waals surface area contributed by atoms with Crippen LogP contribution in [0.2, 0.25) is 58.4 Å². The van der Waals surface area contributed by atoms with Gasteiger partial charge in [0.15, 0.2) is 31.6 Å². The van der Waals surface area contributed by atoms with E-state index in [-0.39, 0.29) is 6.04 Å². The van der Waals surface area contributed by atoms with Crippen molar-refractivity contribution >= 4 is 69.9 Å². The monoisotopic (exact) mass is 880 g/mol. The van der Waals surface area contributed by atoms with Crippen molar-refractivity contribution in [2.45, 2.75) is 64.8 Å². The highest BCUT2D eigenvalue weighted by atomic mass is 28.6. The molecule has 0 aliphatic carbocycles. The second-order valence-electron chi connectivity index (χ2n) is 12.6. The number of halogens is 5. The largest absolute Gasteiger partial charge is 0.665 e. The third-order valence-corrected chi connectivity index (χ3v) is 36.5. The van der Waals surface area contributed by atoms with E-state index in [0.29, 0.717) is 0 Å². The Kier molecular flexibility index (Phi) is 15.9. The van der Waals surface area contributed by atoms with Crippen molar-refractivity contribution < 1.29 is 81.4 Å². The average Bonchev–Trinajstić information content (AvgIpc) is 3.04. The van der Waals surface area contributed by atoms with Crippen LogP contribution in [0, 0.1) is 29.1 Å². The fourth-order valence-corrected chi connectivity index (χ4v) is 37.0. The fourth-order valence-electron chi connectivity index (χ4n) is 4.86. The van der Waals surface area contributed by atoms with E-state index in [4.69, 9.17) is 59.5 Å². The molecular weight excluding hydrogens is 832 g/mol. The molecule has 1 fully saturated rings. The molecule has 0 bridgehead atoms. The van der Waals surface area contributed by atoms with E-state index in [2.05, 4.69) is 6.58 Å². The maximum absolute atomic E-state index is 14.6. The molecule has 4 unspecified atom stereocenters. The Morgan fingerprint density at radius 2 is 0.882 bits per heavy atom. The van der Waals surface area contributed by atoms with Gasteiger partial charge in [-0.3, -0.25) is 0 Å². The van der Waals surface area contributed by atoms with Crippen molar-refractivity contribution in [1.29, 1.82) is 0 Å². The molecule has 14 nitrogen and oxygen atoms in total. The van der Waals surface area contributed by atoms with Gasteiger partial charge in [-0.2, -0.15) is 0 Å². The van der Waals surface area contributed by atoms with Crippen molar-refractivity contribution in [2.75, 3.05) is 42.7 Å². The minimum absolute atomic E-state index is 0.169. The summed E-state index contributed by atoms with van der Waals surface area (Å²) in [6.07, 6.45) is -0.577. The molecule has 2 rings (SSSR count). The van der Waals surface area contributed by atoms with Crippen LogP contribution in [0.4, 0.5) is 22.0 Å². The molecule has 1 aliphatic heterocycles. The summed E-state index contributed by atoms with van der Waals surface area (Å²) < 4.78 is 157. The van der Waals surface area contributed by atoms with Crippen LogP contribution in [0.3, 0.4) is 0 Å². The Hall–Kier alpha value is -0.215. The molecule has 0 saturated carbocycles. The van der Waals surface area contributed by atoms with Gasteiger partial charge in [-0.15, -0.1) is 6.58 Å². The molecule has 1 saturated heterocycles. The Morgan fingerprint density at radius 3 is 1.24 bits per heavy atom. The number of rotatable bonds is 14. The van der Waals surface area contributed by atoms with Gasteiger partial charge in [-0.05, 0) is 38.7 Å². The van der Waals surface area contributed by atoms with Gasteiger partial charge in [0.05, 0.1) is 0 Å².